The monoisotopic (exact) mass is 268 g/mol. The summed E-state index contributed by atoms with van der Waals surface area (Å²) in [7, 11) is 1.67. The quantitative estimate of drug-likeness (QED) is 0.900. The van der Waals surface area contributed by atoms with Gasteiger partial charge in [0, 0.05) is 0 Å². The Balaban J connectivity index is 1.59. The third-order valence-corrected chi connectivity index (χ3v) is 4.17. The maximum Gasteiger partial charge on any atom is 0.118 e. The van der Waals surface area contributed by atoms with Crippen LogP contribution in [0.15, 0.2) is 54.6 Å². The molecule has 2 aromatic rings. The van der Waals surface area contributed by atoms with Gasteiger partial charge in [-0.15, -0.1) is 0 Å². The number of aliphatic hydroxyl groups excluding tert-OH is 1. The van der Waals surface area contributed by atoms with Crippen LogP contribution < -0.4 is 4.74 Å². The Labute approximate surface area is 120 Å². The summed E-state index contributed by atoms with van der Waals surface area (Å²) in [6.45, 7) is 0. The Kier molecular flexibility index (Phi) is 3.75. The molecular weight excluding hydrogens is 248 g/mol. The SMILES string of the molecule is COc1ccc(CC(O)C2CC2c2ccccc2)cc1. The zero-order valence-corrected chi connectivity index (χ0v) is 11.7. The van der Waals surface area contributed by atoms with Crippen LogP contribution >= 0.6 is 0 Å². The molecule has 20 heavy (non-hydrogen) atoms. The van der Waals surface area contributed by atoms with E-state index < -0.39 is 0 Å². The van der Waals surface area contributed by atoms with E-state index in [0.29, 0.717) is 11.8 Å². The summed E-state index contributed by atoms with van der Waals surface area (Å²) in [4.78, 5) is 0. The number of rotatable bonds is 5. The number of aliphatic hydroxyl groups is 1. The van der Waals surface area contributed by atoms with Gasteiger partial charge in [-0.1, -0.05) is 42.5 Å². The fourth-order valence-corrected chi connectivity index (χ4v) is 2.88. The first kappa shape index (κ1) is 13.2. The van der Waals surface area contributed by atoms with E-state index in [-0.39, 0.29) is 6.10 Å². The topological polar surface area (TPSA) is 29.5 Å². The molecule has 1 aliphatic carbocycles. The summed E-state index contributed by atoms with van der Waals surface area (Å²) < 4.78 is 5.15. The molecule has 2 nitrogen and oxygen atoms in total. The van der Waals surface area contributed by atoms with E-state index in [2.05, 4.69) is 24.3 Å². The number of ether oxygens (including phenoxy) is 1. The highest BCUT2D eigenvalue weighted by Gasteiger charge is 2.42. The molecule has 0 saturated heterocycles. The van der Waals surface area contributed by atoms with Crippen molar-refractivity contribution in [2.45, 2.75) is 24.9 Å². The second kappa shape index (κ2) is 5.68. The average molecular weight is 268 g/mol. The van der Waals surface area contributed by atoms with Crippen LogP contribution in [0.2, 0.25) is 0 Å². The molecule has 2 heteroatoms. The van der Waals surface area contributed by atoms with Crippen molar-refractivity contribution in [2.24, 2.45) is 5.92 Å². The molecule has 0 radical (unpaired) electrons. The molecule has 1 fully saturated rings. The van der Waals surface area contributed by atoms with Crippen molar-refractivity contribution in [3.05, 3.63) is 65.7 Å². The van der Waals surface area contributed by atoms with Crippen LogP contribution in [0.3, 0.4) is 0 Å². The summed E-state index contributed by atoms with van der Waals surface area (Å²) in [6, 6.07) is 18.4. The average Bonchev–Trinajstić information content (AvgIpc) is 3.29. The Morgan fingerprint density at radius 2 is 1.80 bits per heavy atom. The molecule has 3 atom stereocenters. The second-order valence-electron chi connectivity index (χ2n) is 5.54. The predicted molar refractivity (Wildman–Crippen MR) is 80.0 cm³/mol. The van der Waals surface area contributed by atoms with Crippen LogP contribution in [0, 0.1) is 5.92 Å². The molecule has 1 N–H and O–H groups in total. The van der Waals surface area contributed by atoms with Gasteiger partial charge in [0.05, 0.1) is 13.2 Å². The smallest absolute Gasteiger partial charge is 0.118 e. The molecule has 2 aromatic carbocycles. The van der Waals surface area contributed by atoms with Crippen LogP contribution in [-0.2, 0) is 6.42 Å². The lowest BCUT2D eigenvalue weighted by Gasteiger charge is -2.11. The first-order chi connectivity index (χ1) is 9.78. The number of methoxy groups -OCH3 is 1. The second-order valence-corrected chi connectivity index (χ2v) is 5.54. The molecule has 0 heterocycles. The Hall–Kier alpha value is -1.80. The molecule has 3 rings (SSSR count). The summed E-state index contributed by atoms with van der Waals surface area (Å²) in [6.07, 6.45) is 1.56. The lowest BCUT2D eigenvalue weighted by Crippen LogP contribution is -2.14. The van der Waals surface area contributed by atoms with Gasteiger partial charge in [0.2, 0.25) is 0 Å². The van der Waals surface area contributed by atoms with Crippen molar-refractivity contribution >= 4 is 0 Å². The van der Waals surface area contributed by atoms with Crippen LogP contribution in [-0.4, -0.2) is 18.3 Å². The van der Waals surface area contributed by atoms with E-state index in [4.69, 9.17) is 4.74 Å². The van der Waals surface area contributed by atoms with Crippen molar-refractivity contribution < 1.29 is 9.84 Å². The van der Waals surface area contributed by atoms with E-state index in [1.54, 1.807) is 7.11 Å². The first-order valence-electron chi connectivity index (χ1n) is 7.14. The highest BCUT2D eigenvalue weighted by atomic mass is 16.5. The zero-order valence-electron chi connectivity index (χ0n) is 11.7. The number of hydrogen-bond donors (Lipinski definition) is 1. The van der Waals surface area contributed by atoms with Gasteiger partial charge in [0.25, 0.3) is 0 Å². The zero-order chi connectivity index (χ0) is 13.9. The summed E-state index contributed by atoms with van der Waals surface area (Å²) in [5.41, 5.74) is 2.52. The first-order valence-corrected chi connectivity index (χ1v) is 7.14. The van der Waals surface area contributed by atoms with Gasteiger partial charge < -0.3 is 9.84 Å². The van der Waals surface area contributed by atoms with E-state index in [9.17, 15) is 5.11 Å². The maximum absolute atomic E-state index is 10.4. The van der Waals surface area contributed by atoms with Gasteiger partial charge in [-0.05, 0) is 47.9 Å². The third-order valence-electron chi connectivity index (χ3n) is 4.17. The van der Waals surface area contributed by atoms with Gasteiger partial charge in [0.15, 0.2) is 0 Å². The van der Waals surface area contributed by atoms with E-state index in [0.717, 1.165) is 24.2 Å². The third kappa shape index (κ3) is 2.86. The number of benzene rings is 2. The lowest BCUT2D eigenvalue weighted by molar-refractivity contribution is 0.149. The van der Waals surface area contributed by atoms with Crippen LogP contribution in [0.5, 0.6) is 5.75 Å². The minimum Gasteiger partial charge on any atom is -0.497 e. The fourth-order valence-electron chi connectivity index (χ4n) is 2.88. The molecule has 0 bridgehead atoms. The van der Waals surface area contributed by atoms with Gasteiger partial charge in [-0.25, -0.2) is 0 Å². The molecule has 3 unspecified atom stereocenters. The molecule has 1 saturated carbocycles. The van der Waals surface area contributed by atoms with Crippen LogP contribution in [0.4, 0.5) is 0 Å². The van der Waals surface area contributed by atoms with Crippen LogP contribution in [0.25, 0.3) is 0 Å². The number of hydrogen-bond acceptors (Lipinski definition) is 2. The summed E-state index contributed by atoms with van der Waals surface area (Å²) in [5, 5.41) is 10.4. The van der Waals surface area contributed by atoms with Gasteiger partial charge >= 0.3 is 0 Å². The minimum absolute atomic E-state index is 0.256. The largest absolute Gasteiger partial charge is 0.497 e. The van der Waals surface area contributed by atoms with Crippen molar-refractivity contribution in [1.82, 2.24) is 0 Å². The van der Waals surface area contributed by atoms with Gasteiger partial charge in [0.1, 0.15) is 5.75 Å². The highest BCUT2D eigenvalue weighted by Crippen LogP contribution is 2.50. The molecule has 104 valence electrons. The van der Waals surface area contributed by atoms with Gasteiger partial charge in [-0.3, -0.25) is 0 Å². The van der Waals surface area contributed by atoms with Gasteiger partial charge in [-0.2, -0.15) is 0 Å². The Morgan fingerprint density at radius 1 is 1.10 bits per heavy atom. The van der Waals surface area contributed by atoms with Crippen LogP contribution in [0.1, 0.15) is 23.5 Å². The van der Waals surface area contributed by atoms with Crippen molar-refractivity contribution in [2.75, 3.05) is 7.11 Å². The lowest BCUT2D eigenvalue weighted by atomic mass is 10.0. The fraction of sp³-hybridized carbons (Fsp3) is 0.333. The molecule has 1 aliphatic rings. The maximum atomic E-state index is 10.4. The minimum atomic E-state index is -0.256. The molecule has 0 aromatic heterocycles. The standard InChI is InChI=1S/C18H20O2/c1-20-15-9-7-13(8-10-15)11-18(19)17-12-16(17)14-5-3-2-4-6-14/h2-10,16-19H,11-12H2,1H3. The van der Waals surface area contributed by atoms with Crippen molar-refractivity contribution in [3.63, 3.8) is 0 Å². The molecular formula is C18H20O2. The molecule has 0 spiro atoms. The Bertz CT molecular complexity index is 547. The van der Waals surface area contributed by atoms with Crippen molar-refractivity contribution in [1.29, 1.82) is 0 Å². The Morgan fingerprint density at radius 3 is 2.45 bits per heavy atom. The summed E-state index contributed by atoms with van der Waals surface area (Å²) in [5.74, 6) is 1.79. The van der Waals surface area contributed by atoms with Crippen molar-refractivity contribution in [3.8, 4) is 5.75 Å². The summed E-state index contributed by atoms with van der Waals surface area (Å²) >= 11 is 0. The normalized spacial score (nSPS) is 22.3. The van der Waals surface area contributed by atoms with E-state index in [1.807, 2.05) is 30.3 Å². The predicted octanol–water partition coefficient (Wildman–Crippen LogP) is 3.40. The molecule has 0 aliphatic heterocycles. The van der Waals surface area contributed by atoms with E-state index in [1.165, 1.54) is 5.56 Å². The van der Waals surface area contributed by atoms with E-state index >= 15 is 0 Å². The highest BCUT2D eigenvalue weighted by molar-refractivity contribution is 5.29. The molecule has 0 amide bonds.